The van der Waals surface area contributed by atoms with Crippen molar-refractivity contribution < 1.29 is 0 Å². The Balaban J connectivity index is 1.63. The number of anilines is 2. The van der Waals surface area contributed by atoms with E-state index < -0.39 is 0 Å². The summed E-state index contributed by atoms with van der Waals surface area (Å²) in [7, 11) is 0. The van der Waals surface area contributed by atoms with Crippen molar-refractivity contribution in [3.8, 4) is 0 Å². The van der Waals surface area contributed by atoms with Gasteiger partial charge in [-0.15, -0.1) is 5.10 Å². The fourth-order valence-electron chi connectivity index (χ4n) is 2.99. The second kappa shape index (κ2) is 6.57. The first-order chi connectivity index (χ1) is 12.2. The van der Waals surface area contributed by atoms with Crippen LogP contribution in [0.3, 0.4) is 0 Å². The molecule has 4 aromatic rings. The highest BCUT2D eigenvalue weighted by atomic mass is 35.5. The van der Waals surface area contributed by atoms with Crippen LogP contribution in [0.25, 0.3) is 10.8 Å². The van der Waals surface area contributed by atoms with Crippen molar-refractivity contribution in [3.63, 3.8) is 0 Å². The van der Waals surface area contributed by atoms with Gasteiger partial charge in [-0.05, 0) is 34.5 Å². The van der Waals surface area contributed by atoms with Gasteiger partial charge in [-0.3, -0.25) is 5.10 Å². The summed E-state index contributed by atoms with van der Waals surface area (Å²) < 4.78 is 0. The number of H-pyrrole nitrogens is 1. The first-order valence-electron chi connectivity index (χ1n) is 8.13. The summed E-state index contributed by atoms with van der Waals surface area (Å²) in [5, 5.41) is 13.6. The molecule has 3 aromatic carbocycles. The monoisotopic (exact) mass is 348 g/mol. The summed E-state index contributed by atoms with van der Waals surface area (Å²) in [6, 6.07) is 22.2. The van der Waals surface area contributed by atoms with Gasteiger partial charge in [0.25, 0.3) is 0 Å². The van der Waals surface area contributed by atoms with Gasteiger partial charge in [0.1, 0.15) is 5.82 Å². The molecule has 0 bridgehead atoms. The van der Waals surface area contributed by atoms with Gasteiger partial charge in [-0.2, -0.15) is 4.98 Å². The van der Waals surface area contributed by atoms with Crippen LogP contribution in [0, 0.1) is 0 Å². The van der Waals surface area contributed by atoms with Crippen LogP contribution in [0.2, 0.25) is 5.02 Å². The topological polar surface area (TPSA) is 53.6 Å². The van der Waals surface area contributed by atoms with Gasteiger partial charge in [0, 0.05) is 16.6 Å². The predicted molar refractivity (Wildman–Crippen MR) is 103 cm³/mol. The van der Waals surface area contributed by atoms with Gasteiger partial charge in [-0.25, -0.2) is 0 Å². The van der Waals surface area contributed by atoms with Crippen LogP contribution < -0.4 is 5.32 Å². The lowest BCUT2D eigenvalue weighted by atomic mass is 9.94. The number of rotatable bonds is 4. The number of aromatic amines is 1. The zero-order valence-electron chi connectivity index (χ0n) is 13.7. The molecule has 1 heterocycles. The molecular weight excluding hydrogens is 332 g/mol. The van der Waals surface area contributed by atoms with E-state index in [0.717, 1.165) is 11.5 Å². The van der Waals surface area contributed by atoms with E-state index >= 15 is 0 Å². The summed E-state index contributed by atoms with van der Waals surface area (Å²) >= 11 is 6.01. The molecule has 1 aromatic heterocycles. The lowest BCUT2D eigenvalue weighted by Gasteiger charge is -2.12. The van der Waals surface area contributed by atoms with E-state index in [2.05, 4.69) is 69.9 Å². The summed E-state index contributed by atoms with van der Waals surface area (Å²) in [4.78, 5) is 4.60. The van der Waals surface area contributed by atoms with Crippen LogP contribution in [0.5, 0.6) is 0 Å². The SMILES string of the molecule is CC(c1nc(Nc2cccc(Cl)c2)n[nH]1)c1cccc2ccccc12. The molecule has 124 valence electrons. The van der Waals surface area contributed by atoms with E-state index in [1.54, 1.807) is 0 Å². The summed E-state index contributed by atoms with van der Waals surface area (Å²) in [6.07, 6.45) is 0. The Morgan fingerprint density at radius 1 is 1.00 bits per heavy atom. The molecule has 1 unspecified atom stereocenters. The molecule has 4 nitrogen and oxygen atoms in total. The molecule has 0 saturated carbocycles. The van der Waals surface area contributed by atoms with E-state index in [-0.39, 0.29) is 5.92 Å². The number of aromatic nitrogens is 3. The Hall–Kier alpha value is -2.85. The fraction of sp³-hybridized carbons (Fsp3) is 0.100. The van der Waals surface area contributed by atoms with Crippen LogP contribution in [-0.4, -0.2) is 15.2 Å². The third-order valence-corrected chi connectivity index (χ3v) is 4.52. The number of benzene rings is 3. The van der Waals surface area contributed by atoms with Crippen molar-refractivity contribution in [2.24, 2.45) is 0 Å². The quantitative estimate of drug-likeness (QED) is 0.511. The average Bonchev–Trinajstić information content (AvgIpc) is 3.09. The van der Waals surface area contributed by atoms with Gasteiger partial charge in [0.05, 0.1) is 0 Å². The minimum atomic E-state index is 0.105. The fourth-order valence-corrected chi connectivity index (χ4v) is 3.18. The lowest BCUT2D eigenvalue weighted by molar-refractivity contribution is 0.829. The number of halogens is 1. The van der Waals surface area contributed by atoms with Crippen molar-refractivity contribution in [3.05, 3.63) is 83.1 Å². The Morgan fingerprint density at radius 2 is 1.80 bits per heavy atom. The largest absolute Gasteiger partial charge is 0.323 e. The molecule has 2 N–H and O–H groups in total. The molecule has 0 amide bonds. The van der Waals surface area contributed by atoms with E-state index in [1.807, 2.05) is 24.3 Å². The zero-order valence-corrected chi connectivity index (χ0v) is 14.5. The van der Waals surface area contributed by atoms with Crippen molar-refractivity contribution in [1.29, 1.82) is 0 Å². The predicted octanol–water partition coefficient (Wildman–Crippen LogP) is 5.51. The van der Waals surface area contributed by atoms with Crippen LogP contribution in [0.15, 0.2) is 66.7 Å². The second-order valence-electron chi connectivity index (χ2n) is 5.97. The van der Waals surface area contributed by atoms with Gasteiger partial charge in [0.15, 0.2) is 0 Å². The van der Waals surface area contributed by atoms with Gasteiger partial charge < -0.3 is 5.32 Å². The number of hydrogen-bond donors (Lipinski definition) is 2. The maximum atomic E-state index is 6.01. The molecular formula is C20H17ClN4. The lowest BCUT2D eigenvalue weighted by Crippen LogP contribution is -2.00. The van der Waals surface area contributed by atoms with Gasteiger partial charge in [0.2, 0.25) is 5.95 Å². The van der Waals surface area contributed by atoms with E-state index in [4.69, 9.17) is 11.6 Å². The zero-order chi connectivity index (χ0) is 17.2. The highest BCUT2D eigenvalue weighted by Crippen LogP contribution is 2.29. The highest BCUT2D eigenvalue weighted by Gasteiger charge is 2.16. The number of hydrogen-bond acceptors (Lipinski definition) is 3. The van der Waals surface area contributed by atoms with Crippen molar-refractivity contribution in [2.75, 3.05) is 5.32 Å². The molecule has 5 heteroatoms. The molecule has 25 heavy (non-hydrogen) atoms. The summed E-state index contributed by atoms with van der Waals surface area (Å²) in [5.74, 6) is 1.46. The van der Waals surface area contributed by atoms with E-state index in [9.17, 15) is 0 Å². The van der Waals surface area contributed by atoms with Crippen molar-refractivity contribution >= 4 is 34.0 Å². The van der Waals surface area contributed by atoms with Crippen LogP contribution >= 0.6 is 11.6 Å². The number of nitrogens with zero attached hydrogens (tertiary/aromatic N) is 2. The smallest absolute Gasteiger partial charge is 0.246 e. The minimum absolute atomic E-state index is 0.105. The Labute approximate surface area is 150 Å². The normalized spacial score (nSPS) is 12.2. The summed E-state index contributed by atoms with van der Waals surface area (Å²) in [6.45, 7) is 2.13. The number of nitrogens with one attached hydrogen (secondary N) is 2. The molecule has 0 aliphatic heterocycles. The molecule has 1 atom stereocenters. The molecule has 0 spiro atoms. The van der Waals surface area contributed by atoms with E-state index in [1.165, 1.54) is 16.3 Å². The van der Waals surface area contributed by atoms with Gasteiger partial charge >= 0.3 is 0 Å². The maximum Gasteiger partial charge on any atom is 0.246 e. The molecule has 0 aliphatic rings. The molecule has 0 radical (unpaired) electrons. The standard InChI is InChI=1S/C20H17ClN4/c1-13(17-11-4-7-14-6-2-3-10-18(14)17)19-23-20(25-24-19)22-16-9-5-8-15(21)12-16/h2-13H,1H3,(H2,22,23,24,25). The van der Waals surface area contributed by atoms with Crippen LogP contribution in [0.1, 0.15) is 24.2 Å². The first kappa shape index (κ1) is 15.7. The highest BCUT2D eigenvalue weighted by molar-refractivity contribution is 6.30. The maximum absolute atomic E-state index is 6.01. The number of fused-ring (bicyclic) bond motifs is 1. The Bertz CT molecular complexity index is 1020. The third-order valence-electron chi connectivity index (χ3n) is 4.28. The van der Waals surface area contributed by atoms with Crippen molar-refractivity contribution in [1.82, 2.24) is 15.2 Å². The van der Waals surface area contributed by atoms with E-state index in [0.29, 0.717) is 11.0 Å². The first-order valence-corrected chi connectivity index (χ1v) is 8.51. The molecule has 0 saturated heterocycles. The minimum Gasteiger partial charge on any atom is -0.323 e. The Morgan fingerprint density at radius 3 is 2.68 bits per heavy atom. The molecule has 4 rings (SSSR count). The molecule has 0 fully saturated rings. The summed E-state index contributed by atoms with van der Waals surface area (Å²) in [5.41, 5.74) is 2.08. The van der Waals surface area contributed by atoms with Gasteiger partial charge in [-0.1, -0.05) is 67.1 Å². The van der Waals surface area contributed by atoms with Crippen molar-refractivity contribution in [2.45, 2.75) is 12.8 Å². The second-order valence-corrected chi connectivity index (χ2v) is 6.41. The molecule has 0 aliphatic carbocycles. The Kier molecular flexibility index (Phi) is 4.12. The third kappa shape index (κ3) is 3.21. The average molecular weight is 349 g/mol. The van der Waals surface area contributed by atoms with Crippen LogP contribution in [0.4, 0.5) is 11.6 Å². The van der Waals surface area contributed by atoms with Crippen LogP contribution in [-0.2, 0) is 0 Å².